The monoisotopic (exact) mass is 425 g/mol. The third-order valence-electron chi connectivity index (χ3n) is 3.58. The van der Waals surface area contributed by atoms with Crippen LogP contribution in [0.4, 0.5) is 0 Å². The number of ether oxygens (including phenoxy) is 6. The van der Waals surface area contributed by atoms with Crippen molar-refractivity contribution in [3.05, 3.63) is 0 Å². The number of esters is 2. The first-order chi connectivity index (χ1) is 13.8. The van der Waals surface area contributed by atoms with E-state index in [1.54, 1.807) is 11.9 Å². The van der Waals surface area contributed by atoms with E-state index in [1.165, 1.54) is 21.1 Å². The Morgan fingerprint density at radius 3 is 2.00 bits per heavy atom. The van der Waals surface area contributed by atoms with Gasteiger partial charge in [0.2, 0.25) is 0 Å². The van der Waals surface area contributed by atoms with Crippen LogP contribution in [-0.4, -0.2) is 113 Å². The van der Waals surface area contributed by atoms with Crippen LogP contribution in [0.5, 0.6) is 0 Å². The lowest BCUT2D eigenvalue weighted by Gasteiger charge is -2.20. The lowest BCUT2D eigenvalue weighted by atomic mass is 10.3. The first-order valence-corrected chi connectivity index (χ1v) is 9.36. The fraction of sp³-hybridized carbons (Fsp3) is 0.889. The molecule has 0 aromatic heterocycles. The number of nitrogens with zero attached hydrogens (tertiary/aromatic N) is 1. The van der Waals surface area contributed by atoms with Crippen LogP contribution in [0.3, 0.4) is 0 Å². The maximum absolute atomic E-state index is 12.0. The molecular weight excluding hydrogens is 390 g/mol. The Balaban J connectivity index is 4.18. The number of carbonyl (C=O) groups is 2. The van der Waals surface area contributed by atoms with E-state index in [-0.39, 0.29) is 46.1 Å². The van der Waals surface area contributed by atoms with E-state index in [1.807, 2.05) is 0 Å². The van der Waals surface area contributed by atoms with Crippen LogP contribution in [0.25, 0.3) is 0 Å². The van der Waals surface area contributed by atoms with Crippen molar-refractivity contribution in [2.45, 2.75) is 38.3 Å². The van der Waals surface area contributed by atoms with Crippen molar-refractivity contribution < 1.29 is 48.2 Å². The minimum atomic E-state index is -0.987. The molecule has 0 bridgehead atoms. The topological polar surface area (TPSA) is 133 Å². The van der Waals surface area contributed by atoms with E-state index in [9.17, 15) is 14.7 Å². The summed E-state index contributed by atoms with van der Waals surface area (Å²) in [6, 6.07) is 0. The summed E-state index contributed by atoms with van der Waals surface area (Å²) in [6.07, 6.45) is -2.14. The first-order valence-electron chi connectivity index (χ1n) is 9.36. The van der Waals surface area contributed by atoms with Gasteiger partial charge in [-0.1, -0.05) is 0 Å². The highest BCUT2D eigenvalue weighted by atomic mass is 16.7. The highest BCUT2D eigenvalue weighted by Gasteiger charge is 2.18. The van der Waals surface area contributed by atoms with Crippen molar-refractivity contribution in [2.24, 2.45) is 0 Å². The second kappa shape index (κ2) is 17.5. The molecule has 0 amide bonds. The zero-order chi connectivity index (χ0) is 22.1. The van der Waals surface area contributed by atoms with Crippen molar-refractivity contribution in [2.75, 3.05) is 67.6 Å². The van der Waals surface area contributed by atoms with E-state index >= 15 is 0 Å². The molecule has 172 valence electrons. The van der Waals surface area contributed by atoms with Gasteiger partial charge in [0.1, 0.15) is 19.0 Å². The third kappa shape index (κ3) is 16.2. The molecule has 11 nitrogen and oxygen atoms in total. The molecule has 2 N–H and O–H groups in total. The molecule has 0 saturated carbocycles. The van der Waals surface area contributed by atoms with Crippen LogP contribution in [0, 0.1) is 0 Å². The molecule has 3 atom stereocenters. The van der Waals surface area contributed by atoms with Crippen LogP contribution in [0.1, 0.15) is 19.8 Å². The second-order valence-electron chi connectivity index (χ2n) is 6.37. The molecule has 0 spiro atoms. The maximum Gasteiger partial charge on any atom is 0.307 e. The number of aliphatic hydroxyl groups excluding tert-OH is 2. The summed E-state index contributed by atoms with van der Waals surface area (Å²) in [5, 5.41) is 18.3. The average Bonchev–Trinajstić information content (AvgIpc) is 2.68. The second-order valence-corrected chi connectivity index (χ2v) is 6.37. The predicted octanol–water partition coefficient (Wildman–Crippen LogP) is -0.864. The molecule has 0 radical (unpaired) electrons. The SMILES string of the molecule is COCOCC(COC(C)O)OC(=O)CCN(C)CCC(=O)OC(CO)COC. The Labute approximate surface area is 171 Å². The highest BCUT2D eigenvalue weighted by Crippen LogP contribution is 2.03. The van der Waals surface area contributed by atoms with Crippen molar-refractivity contribution in [3.63, 3.8) is 0 Å². The van der Waals surface area contributed by atoms with Crippen molar-refractivity contribution in [1.82, 2.24) is 4.90 Å². The summed E-state index contributed by atoms with van der Waals surface area (Å²) in [5.74, 6) is -0.916. The highest BCUT2D eigenvalue weighted by molar-refractivity contribution is 5.70. The number of aliphatic hydroxyl groups is 2. The number of carbonyl (C=O) groups excluding carboxylic acids is 2. The summed E-state index contributed by atoms with van der Waals surface area (Å²) in [5.41, 5.74) is 0. The number of hydrogen-bond donors (Lipinski definition) is 2. The molecule has 29 heavy (non-hydrogen) atoms. The summed E-state index contributed by atoms with van der Waals surface area (Å²) >= 11 is 0. The fourth-order valence-electron chi connectivity index (χ4n) is 2.10. The van der Waals surface area contributed by atoms with Gasteiger partial charge in [-0.3, -0.25) is 9.59 Å². The summed E-state index contributed by atoms with van der Waals surface area (Å²) in [6.45, 7) is 2.12. The van der Waals surface area contributed by atoms with Crippen molar-refractivity contribution in [3.8, 4) is 0 Å². The minimum Gasteiger partial charge on any atom is -0.457 e. The van der Waals surface area contributed by atoms with Gasteiger partial charge in [0.25, 0.3) is 0 Å². The van der Waals surface area contributed by atoms with Crippen molar-refractivity contribution >= 4 is 11.9 Å². The zero-order valence-electron chi connectivity index (χ0n) is 17.7. The van der Waals surface area contributed by atoms with Crippen LogP contribution in [0.2, 0.25) is 0 Å². The first kappa shape index (κ1) is 27.7. The average molecular weight is 425 g/mol. The molecule has 0 heterocycles. The van der Waals surface area contributed by atoms with Gasteiger partial charge < -0.3 is 43.5 Å². The van der Waals surface area contributed by atoms with E-state index in [4.69, 9.17) is 33.5 Å². The van der Waals surface area contributed by atoms with Crippen LogP contribution >= 0.6 is 0 Å². The Bertz CT molecular complexity index is 435. The molecular formula is C18H35NO10. The zero-order valence-corrected chi connectivity index (χ0v) is 17.7. The number of hydrogen-bond acceptors (Lipinski definition) is 11. The summed E-state index contributed by atoms with van der Waals surface area (Å²) in [4.78, 5) is 25.6. The third-order valence-corrected chi connectivity index (χ3v) is 3.58. The van der Waals surface area contributed by atoms with Gasteiger partial charge in [0.15, 0.2) is 6.29 Å². The molecule has 0 aliphatic rings. The molecule has 0 saturated heterocycles. The quantitative estimate of drug-likeness (QED) is 0.161. The Hall–Kier alpha value is -1.34. The molecule has 0 rings (SSSR count). The molecule has 0 aliphatic carbocycles. The smallest absolute Gasteiger partial charge is 0.307 e. The molecule has 0 aromatic rings. The normalized spacial score (nSPS) is 14.4. The number of methoxy groups -OCH3 is 2. The van der Waals surface area contributed by atoms with Gasteiger partial charge in [-0.25, -0.2) is 0 Å². The summed E-state index contributed by atoms with van der Waals surface area (Å²) < 4.78 is 30.2. The van der Waals surface area contributed by atoms with Gasteiger partial charge in [0, 0.05) is 27.3 Å². The van der Waals surface area contributed by atoms with Gasteiger partial charge in [-0.15, -0.1) is 0 Å². The van der Waals surface area contributed by atoms with E-state index in [0.717, 1.165) is 0 Å². The standard InChI is InChI=1S/C18H35NO10/c1-14(21)27-12-16(11-26-13-25-4)29-18(23)6-8-19(2)7-5-17(22)28-15(9-20)10-24-3/h14-16,20-21H,5-13H2,1-4H3. The van der Waals surface area contributed by atoms with E-state index in [0.29, 0.717) is 13.1 Å². The molecule has 3 unspecified atom stereocenters. The fourth-order valence-corrected chi connectivity index (χ4v) is 2.10. The van der Waals surface area contributed by atoms with Crippen LogP contribution in [0.15, 0.2) is 0 Å². The largest absolute Gasteiger partial charge is 0.457 e. The predicted molar refractivity (Wildman–Crippen MR) is 101 cm³/mol. The lowest BCUT2D eigenvalue weighted by Crippen LogP contribution is -2.32. The molecule has 11 heteroatoms. The van der Waals surface area contributed by atoms with E-state index in [2.05, 4.69) is 0 Å². The van der Waals surface area contributed by atoms with Crippen LogP contribution < -0.4 is 0 Å². The van der Waals surface area contributed by atoms with E-state index < -0.39 is 30.4 Å². The van der Waals surface area contributed by atoms with Crippen LogP contribution in [-0.2, 0) is 38.0 Å². The maximum atomic E-state index is 12.0. The molecule has 0 aromatic carbocycles. The molecule has 0 aliphatic heterocycles. The summed E-state index contributed by atoms with van der Waals surface area (Å²) in [7, 11) is 4.68. The molecule has 0 fully saturated rings. The number of rotatable bonds is 18. The Morgan fingerprint density at radius 2 is 1.52 bits per heavy atom. The van der Waals surface area contributed by atoms with Gasteiger partial charge in [0.05, 0.1) is 39.3 Å². The Kier molecular flexibility index (Phi) is 16.7. The van der Waals surface area contributed by atoms with Gasteiger partial charge in [-0.05, 0) is 14.0 Å². The van der Waals surface area contributed by atoms with Crippen molar-refractivity contribution in [1.29, 1.82) is 0 Å². The Morgan fingerprint density at radius 1 is 0.931 bits per heavy atom. The van der Waals surface area contributed by atoms with Gasteiger partial charge >= 0.3 is 11.9 Å². The van der Waals surface area contributed by atoms with Gasteiger partial charge in [-0.2, -0.15) is 0 Å². The lowest BCUT2D eigenvalue weighted by molar-refractivity contribution is -0.170. The minimum absolute atomic E-state index is 0.0116.